The number of thiazole rings is 1. The predicted molar refractivity (Wildman–Crippen MR) is 89.6 cm³/mol. The molecule has 3 rings (SSSR count). The minimum Gasteiger partial charge on any atom is -0.375 e. The van der Waals surface area contributed by atoms with Gasteiger partial charge in [-0.05, 0) is 30.5 Å². The Morgan fingerprint density at radius 3 is 2.52 bits per heavy atom. The smallest absolute Gasteiger partial charge is 0.180 e. The first-order valence-electron chi connectivity index (χ1n) is 7.39. The normalized spacial score (nSPS) is 17.8. The van der Waals surface area contributed by atoms with E-state index in [1.54, 1.807) is 11.3 Å². The fourth-order valence-electron chi connectivity index (χ4n) is 3.15. The third-order valence-corrected chi connectivity index (χ3v) is 5.35. The Morgan fingerprint density at radius 2 is 1.90 bits per heavy atom. The molecule has 5 heteroatoms. The number of nitrogens with zero attached hydrogens (tertiary/aromatic N) is 1. The quantitative estimate of drug-likeness (QED) is 0.881. The Bertz CT molecular complexity index is 588. The van der Waals surface area contributed by atoms with Crippen LogP contribution in [0.4, 0.5) is 5.13 Å². The van der Waals surface area contributed by atoms with Gasteiger partial charge < -0.3 is 11.1 Å². The molecule has 1 heterocycles. The number of halogens is 1. The Morgan fingerprint density at radius 1 is 1.19 bits per heavy atom. The van der Waals surface area contributed by atoms with Gasteiger partial charge >= 0.3 is 0 Å². The number of nitrogen functional groups attached to an aromatic ring is 1. The lowest BCUT2D eigenvalue weighted by molar-refractivity contribution is 0.232. The van der Waals surface area contributed by atoms with Gasteiger partial charge in [0.15, 0.2) is 5.13 Å². The monoisotopic (exact) mass is 321 g/mol. The first-order valence-corrected chi connectivity index (χ1v) is 8.59. The minimum absolute atomic E-state index is 0.0571. The first-order chi connectivity index (χ1) is 10.2. The van der Waals surface area contributed by atoms with Gasteiger partial charge in [0.1, 0.15) is 0 Å². The van der Waals surface area contributed by atoms with E-state index in [2.05, 4.69) is 22.4 Å². The third kappa shape index (κ3) is 3.39. The highest BCUT2D eigenvalue weighted by atomic mass is 35.5. The number of anilines is 1. The van der Waals surface area contributed by atoms with E-state index in [9.17, 15) is 0 Å². The number of hydrogen-bond donors (Lipinski definition) is 2. The molecule has 0 aliphatic heterocycles. The molecule has 3 nitrogen and oxygen atoms in total. The topological polar surface area (TPSA) is 50.9 Å². The van der Waals surface area contributed by atoms with Crippen LogP contribution < -0.4 is 11.1 Å². The van der Waals surface area contributed by atoms with Crippen LogP contribution in [0.15, 0.2) is 30.5 Å². The molecule has 0 unspecified atom stereocenters. The SMILES string of the molecule is Nc1ncc(CNC2(c3ccc(Cl)cc3)CCCCC2)s1. The van der Waals surface area contributed by atoms with Gasteiger partial charge in [-0.2, -0.15) is 0 Å². The van der Waals surface area contributed by atoms with Crippen LogP contribution in [0.2, 0.25) is 5.02 Å². The molecular weight excluding hydrogens is 302 g/mol. The molecule has 1 aromatic heterocycles. The van der Waals surface area contributed by atoms with Gasteiger partial charge in [-0.1, -0.05) is 43.0 Å². The molecule has 0 saturated heterocycles. The lowest BCUT2D eigenvalue weighted by atomic mass is 9.76. The predicted octanol–water partition coefficient (Wildman–Crippen LogP) is 4.33. The molecule has 2 aromatic rings. The van der Waals surface area contributed by atoms with Crippen LogP contribution in [0.3, 0.4) is 0 Å². The van der Waals surface area contributed by atoms with Crippen molar-refractivity contribution >= 4 is 28.1 Å². The summed E-state index contributed by atoms with van der Waals surface area (Å²) in [7, 11) is 0. The molecule has 1 saturated carbocycles. The molecule has 21 heavy (non-hydrogen) atoms. The maximum atomic E-state index is 6.03. The molecule has 0 radical (unpaired) electrons. The molecule has 0 bridgehead atoms. The van der Waals surface area contributed by atoms with Crippen LogP contribution in [0, 0.1) is 0 Å². The van der Waals surface area contributed by atoms with Gasteiger partial charge in [0.25, 0.3) is 0 Å². The van der Waals surface area contributed by atoms with E-state index < -0.39 is 0 Å². The summed E-state index contributed by atoms with van der Waals surface area (Å²) in [4.78, 5) is 5.31. The average molecular weight is 322 g/mol. The van der Waals surface area contributed by atoms with Crippen molar-refractivity contribution in [1.82, 2.24) is 10.3 Å². The average Bonchev–Trinajstić information content (AvgIpc) is 2.92. The first kappa shape index (κ1) is 14.8. The molecule has 1 fully saturated rings. The molecule has 0 amide bonds. The van der Waals surface area contributed by atoms with E-state index in [0.717, 1.165) is 11.6 Å². The summed E-state index contributed by atoms with van der Waals surface area (Å²) < 4.78 is 0. The Kier molecular flexibility index (Phi) is 4.48. The second-order valence-electron chi connectivity index (χ2n) is 5.67. The van der Waals surface area contributed by atoms with Crippen molar-refractivity contribution < 1.29 is 0 Å². The summed E-state index contributed by atoms with van der Waals surface area (Å²) >= 11 is 7.59. The zero-order valence-electron chi connectivity index (χ0n) is 11.9. The molecule has 1 aliphatic rings. The van der Waals surface area contributed by atoms with Crippen molar-refractivity contribution in [2.75, 3.05) is 5.73 Å². The summed E-state index contributed by atoms with van der Waals surface area (Å²) in [5.74, 6) is 0. The van der Waals surface area contributed by atoms with E-state index in [-0.39, 0.29) is 5.54 Å². The largest absolute Gasteiger partial charge is 0.375 e. The number of aromatic nitrogens is 1. The fourth-order valence-corrected chi connectivity index (χ4v) is 3.90. The van der Waals surface area contributed by atoms with Crippen molar-refractivity contribution in [3.05, 3.63) is 45.9 Å². The number of hydrogen-bond acceptors (Lipinski definition) is 4. The van der Waals surface area contributed by atoms with Gasteiger partial charge in [-0.25, -0.2) is 4.98 Å². The summed E-state index contributed by atoms with van der Waals surface area (Å²) in [6.07, 6.45) is 8.06. The molecule has 1 aliphatic carbocycles. The van der Waals surface area contributed by atoms with E-state index in [0.29, 0.717) is 5.13 Å². The number of rotatable bonds is 4. The van der Waals surface area contributed by atoms with Gasteiger partial charge in [0, 0.05) is 28.2 Å². The molecule has 0 spiro atoms. The molecule has 112 valence electrons. The lowest BCUT2D eigenvalue weighted by Crippen LogP contribution is -2.43. The van der Waals surface area contributed by atoms with Crippen molar-refractivity contribution in [3.63, 3.8) is 0 Å². The Labute approximate surface area is 134 Å². The number of benzene rings is 1. The van der Waals surface area contributed by atoms with Gasteiger partial charge in [-0.3, -0.25) is 0 Å². The fraction of sp³-hybridized carbons (Fsp3) is 0.438. The molecule has 0 atom stereocenters. The van der Waals surface area contributed by atoms with E-state index in [1.807, 2.05) is 18.3 Å². The number of nitrogens with one attached hydrogen (secondary N) is 1. The van der Waals surface area contributed by atoms with Crippen LogP contribution in [0.25, 0.3) is 0 Å². The third-order valence-electron chi connectivity index (χ3n) is 4.28. The zero-order valence-corrected chi connectivity index (χ0v) is 13.5. The van der Waals surface area contributed by atoms with Gasteiger partial charge in [-0.15, -0.1) is 11.3 Å². The van der Waals surface area contributed by atoms with Crippen molar-refractivity contribution in [3.8, 4) is 0 Å². The molecule has 1 aromatic carbocycles. The molecule has 3 N–H and O–H groups in total. The standard InChI is InChI=1S/C16H20ClN3S/c17-13-6-4-12(5-7-13)16(8-2-1-3-9-16)20-11-14-10-19-15(18)21-14/h4-7,10,20H,1-3,8-9,11H2,(H2,18,19). The van der Waals surface area contributed by atoms with Crippen LogP contribution in [-0.4, -0.2) is 4.98 Å². The van der Waals surface area contributed by atoms with Crippen molar-refractivity contribution in [2.24, 2.45) is 0 Å². The van der Waals surface area contributed by atoms with Crippen molar-refractivity contribution in [1.29, 1.82) is 0 Å². The minimum atomic E-state index is 0.0571. The second-order valence-corrected chi connectivity index (χ2v) is 7.25. The Hall–Kier alpha value is -1.10. The molecular formula is C16H20ClN3S. The van der Waals surface area contributed by atoms with E-state index in [1.165, 1.54) is 42.5 Å². The van der Waals surface area contributed by atoms with Crippen LogP contribution in [0.1, 0.15) is 42.5 Å². The maximum Gasteiger partial charge on any atom is 0.180 e. The summed E-state index contributed by atoms with van der Waals surface area (Å²) in [5, 5.41) is 5.20. The highest BCUT2D eigenvalue weighted by molar-refractivity contribution is 7.15. The van der Waals surface area contributed by atoms with E-state index in [4.69, 9.17) is 17.3 Å². The zero-order chi connectivity index (χ0) is 14.7. The van der Waals surface area contributed by atoms with Crippen LogP contribution >= 0.6 is 22.9 Å². The summed E-state index contributed by atoms with van der Waals surface area (Å²) in [5.41, 5.74) is 7.11. The Balaban J connectivity index is 1.80. The highest BCUT2D eigenvalue weighted by Gasteiger charge is 2.33. The van der Waals surface area contributed by atoms with Crippen molar-refractivity contribution in [2.45, 2.75) is 44.2 Å². The summed E-state index contributed by atoms with van der Waals surface area (Å²) in [6, 6.07) is 8.28. The second kappa shape index (κ2) is 6.34. The number of nitrogens with two attached hydrogens (primary N) is 1. The maximum absolute atomic E-state index is 6.03. The van der Waals surface area contributed by atoms with Gasteiger partial charge in [0.05, 0.1) is 0 Å². The van der Waals surface area contributed by atoms with Gasteiger partial charge in [0.2, 0.25) is 0 Å². The summed E-state index contributed by atoms with van der Waals surface area (Å²) in [6.45, 7) is 0.817. The van der Waals surface area contributed by atoms with Crippen LogP contribution in [0.5, 0.6) is 0 Å². The highest BCUT2D eigenvalue weighted by Crippen LogP contribution is 2.38. The van der Waals surface area contributed by atoms with Crippen LogP contribution in [-0.2, 0) is 12.1 Å². The van der Waals surface area contributed by atoms with E-state index >= 15 is 0 Å². The lowest BCUT2D eigenvalue weighted by Gasteiger charge is -2.39.